The molecule has 1 rings (SSSR count). The summed E-state index contributed by atoms with van der Waals surface area (Å²) >= 11 is 1.35. The highest BCUT2D eigenvalue weighted by molar-refractivity contribution is 7.94. The van der Waals surface area contributed by atoms with Crippen LogP contribution in [0.15, 0.2) is 29.2 Å². The average molecular weight is 224 g/mol. The van der Waals surface area contributed by atoms with Crippen molar-refractivity contribution in [2.24, 2.45) is 5.41 Å². The number of carbonyl (C=O) groups excluding carboxylic acids is 1. The first-order chi connectivity index (χ1) is 7.01. The van der Waals surface area contributed by atoms with Gasteiger partial charge in [-0.15, -0.1) is 0 Å². The van der Waals surface area contributed by atoms with Crippen molar-refractivity contribution in [1.82, 2.24) is 0 Å². The van der Waals surface area contributed by atoms with Crippen molar-refractivity contribution in [2.45, 2.75) is 25.7 Å². The summed E-state index contributed by atoms with van der Waals surface area (Å²) in [7, 11) is 0. The van der Waals surface area contributed by atoms with Crippen molar-refractivity contribution in [3.05, 3.63) is 29.8 Å². The van der Waals surface area contributed by atoms with Gasteiger partial charge in [0.1, 0.15) is 6.29 Å². The standard InChI is InChI=1S/C12H16O2S/c1-12(2,3)9-14-15-11-6-4-10(8-13)5-7-11/h4-8H,9H2,1-3H3. The van der Waals surface area contributed by atoms with Gasteiger partial charge in [-0.1, -0.05) is 32.9 Å². The lowest BCUT2D eigenvalue weighted by atomic mass is 9.99. The molecule has 0 atom stereocenters. The van der Waals surface area contributed by atoms with Crippen LogP contribution < -0.4 is 0 Å². The summed E-state index contributed by atoms with van der Waals surface area (Å²) in [5, 5.41) is 0. The first-order valence-electron chi connectivity index (χ1n) is 4.86. The molecule has 2 nitrogen and oxygen atoms in total. The topological polar surface area (TPSA) is 26.3 Å². The third-order valence-corrected chi connectivity index (χ3v) is 2.36. The van der Waals surface area contributed by atoms with Gasteiger partial charge in [0, 0.05) is 22.5 Å². The average Bonchev–Trinajstić information content (AvgIpc) is 2.17. The van der Waals surface area contributed by atoms with Gasteiger partial charge < -0.3 is 4.18 Å². The van der Waals surface area contributed by atoms with Crippen molar-refractivity contribution < 1.29 is 8.98 Å². The SMILES string of the molecule is CC(C)(C)COSc1ccc(C=O)cc1. The number of hydrogen-bond donors (Lipinski definition) is 0. The maximum absolute atomic E-state index is 10.4. The minimum Gasteiger partial charge on any atom is -0.310 e. The van der Waals surface area contributed by atoms with E-state index in [4.69, 9.17) is 4.18 Å². The van der Waals surface area contributed by atoms with Crippen LogP contribution in [0.4, 0.5) is 0 Å². The largest absolute Gasteiger partial charge is 0.310 e. The van der Waals surface area contributed by atoms with Crippen LogP contribution in [-0.2, 0) is 4.18 Å². The summed E-state index contributed by atoms with van der Waals surface area (Å²) < 4.78 is 5.49. The lowest BCUT2D eigenvalue weighted by molar-refractivity contribution is 0.112. The third kappa shape index (κ3) is 5.00. The molecule has 0 aliphatic carbocycles. The van der Waals surface area contributed by atoms with E-state index >= 15 is 0 Å². The molecule has 0 unspecified atom stereocenters. The fraction of sp³-hybridized carbons (Fsp3) is 0.417. The summed E-state index contributed by atoms with van der Waals surface area (Å²) in [4.78, 5) is 11.4. The predicted molar refractivity (Wildman–Crippen MR) is 63.1 cm³/mol. The second-order valence-electron chi connectivity index (χ2n) is 4.59. The highest BCUT2D eigenvalue weighted by Crippen LogP contribution is 2.23. The Hall–Kier alpha value is -0.800. The van der Waals surface area contributed by atoms with E-state index in [-0.39, 0.29) is 5.41 Å². The molecule has 0 aromatic heterocycles. The Balaban J connectivity index is 2.41. The van der Waals surface area contributed by atoms with Crippen LogP contribution in [0.1, 0.15) is 31.1 Å². The number of hydrogen-bond acceptors (Lipinski definition) is 3. The monoisotopic (exact) mass is 224 g/mol. The molecule has 0 N–H and O–H groups in total. The quantitative estimate of drug-likeness (QED) is 0.577. The van der Waals surface area contributed by atoms with Gasteiger partial charge in [-0.05, 0) is 17.5 Å². The first-order valence-corrected chi connectivity index (χ1v) is 5.60. The molecule has 0 radical (unpaired) electrons. The molecule has 0 spiro atoms. The molecule has 1 aromatic carbocycles. The van der Waals surface area contributed by atoms with Crippen molar-refractivity contribution in [2.75, 3.05) is 6.61 Å². The van der Waals surface area contributed by atoms with E-state index in [0.717, 1.165) is 11.2 Å². The smallest absolute Gasteiger partial charge is 0.150 e. The van der Waals surface area contributed by atoms with E-state index < -0.39 is 0 Å². The molecule has 82 valence electrons. The summed E-state index contributed by atoms with van der Waals surface area (Å²) in [5.74, 6) is 0. The Morgan fingerprint density at radius 1 is 1.27 bits per heavy atom. The fourth-order valence-electron chi connectivity index (χ4n) is 0.876. The minimum atomic E-state index is 0.176. The molecule has 0 saturated heterocycles. The van der Waals surface area contributed by atoms with Crippen LogP contribution in [0.5, 0.6) is 0 Å². The molecule has 0 bridgehead atoms. The van der Waals surface area contributed by atoms with Crippen molar-refractivity contribution in [3.8, 4) is 0 Å². The van der Waals surface area contributed by atoms with Crippen LogP contribution in [0, 0.1) is 5.41 Å². The molecular weight excluding hydrogens is 208 g/mol. The van der Waals surface area contributed by atoms with Gasteiger partial charge in [0.25, 0.3) is 0 Å². The summed E-state index contributed by atoms with van der Waals surface area (Å²) in [6.07, 6.45) is 0.838. The predicted octanol–water partition coefficient (Wildman–Crippen LogP) is 3.57. The molecule has 0 amide bonds. The van der Waals surface area contributed by atoms with Gasteiger partial charge in [0.15, 0.2) is 0 Å². The second-order valence-corrected chi connectivity index (χ2v) is 5.47. The second kappa shape index (κ2) is 5.33. The van der Waals surface area contributed by atoms with Crippen LogP contribution in [0.2, 0.25) is 0 Å². The molecule has 0 aliphatic rings. The Labute approximate surface area is 95.2 Å². The first kappa shape index (κ1) is 12.3. The van der Waals surface area contributed by atoms with E-state index in [1.807, 2.05) is 12.1 Å². The molecule has 3 heteroatoms. The maximum atomic E-state index is 10.4. The third-order valence-electron chi connectivity index (χ3n) is 1.66. The number of carbonyl (C=O) groups is 1. The van der Waals surface area contributed by atoms with E-state index in [1.54, 1.807) is 12.1 Å². The van der Waals surface area contributed by atoms with Crippen LogP contribution in [-0.4, -0.2) is 12.9 Å². The highest BCUT2D eigenvalue weighted by Gasteiger charge is 2.10. The van der Waals surface area contributed by atoms with Crippen LogP contribution >= 0.6 is 12.0 Å². The lowest BCUT2D eigenvalue weighted by Crippen LogP contribution is -2.11. The van der Waals surface area contributed by atoms with Crippen LogP contribution in [0.3, 0.4) is 0 Å². The zero-order valence-electron chi connectivity index (χ0n) is 9.32. The zero-order valence-corrected chi connectivity index (χ0v) is 10.1. The zero-order chi connectivity index (χ0) is 11.3. The summed E-state index contributed by atoms with van der Waals surface area (Å²) in [6, 6.07) is 7.35. The van der Waals surface area contributed by atoms with Crippen molar-refractivity contribution in [1.29, 1.82) is 0 Å². The Morgan fingerprint density at radius 3 is 2.33 bits per heavy atom. The maximum Gasteiger partial charge on any atom is 0.150 e. The Bertz CT molecular complexity index is 311. The highest BCUT2D eigenvalue weighted by atomic mass is 32.2. The molecule has 1 aromatic rings. The lowest BCUT2D eigenvalue weighted by Gasteiger charge is -2.16. The van der Waals surface area contributed by atoms with Crippen molar-refractivity contribution in [3.63, 3.8) is 0 Å². The Kier molecular flexibility index (Phi) is 4.36. The molecule has 0 aliphatic heterocycles. The van der Waals surface area contributed by atoms with Gasteiger partial charge in [-0.2, -0.15) is 0 Å². The van der Waals surface area contributed by atoms with Crippen LogP contribution in [0.25, 0.3) is 0 Å². The van der Waals surface area contributed by atoms with E-state index in [0.29, 0.717) is 12.2 Å². The number of rotatable bonds is 4. The minimum absolute atomic E-state index is 0.176. The molecule has 0 saturated carbocycles. The van der Waals surface area contributed by atoms with Crippen molar-refractivity contribution >= 4 is 18.3 Å². The Morgan fingerprint density at radius 2 is 1.87 bits per heavy atom. The number of benzene rings is 1. The summed E-state index contributed by atoms with van der Waals surface area (Å²) in [6.45, 7) is 7.09. The molecule has 15 heavy (non-hydrogen) atoms. The van der Waals surface area contributed by atoms with E-state index in [1.165, 1.54) is 12.0 Å². The van der Waals surface area contributed by atoms with Gasteiger partial charge in [-0.3, -0.25) is 4.79 Å². The van der Waals surface area contributed by atoms with E-state index in [2.05, 4.69) is 20.8 Å². The van der Waals surface area contributed by atoms with Gasteiger partial charge in [0.05, 0.1) is 6.61 Å². The van der Waals surface area contributed by atoms with Gasteiger partial charge >= 0.3 is 0 Å². The van der Waals surface area contributed by atoms with Gasteiger partial charge in [-0.25, -0.2) is 0 Å². The molecular formula is C12H16O2S. The molecule has 0 heterocycles. The van der Waals surface area contributed by atoms with E-state index in [9.17, 15) is 4.79 Å². The number of aldehydes is 1. The normalized spacial score (nSPS) is 11.4. The fourth-order valence-corrected chi connectivity index (χ4v) is 1.67. The summed E-state index contributed by atoms with van der Waals surface area (Å²) in [5.41, 5.74) is 0.866. The molecule has 0 fully saturated rings. The van der Waals surface area contributed by atoms with Gasteiger partial charge in [0.2, 0.25) is 0 Å².